The maximum Gasteiger partial charge on any atom is 0.410 e. The largest absolute Gasteiger partial charge is 0.444 e. The molecule has 5 heteroatoms. The number of hydrogen-bond acceptors (Lipinski definition) is 4. The summed E-state index contributed by atoms with van der Waals surface area (Å²) in [6, 6.07) is 8.62. The summed E-state index contributed by atoms with van der Waals surface area (Å²) < 4.78 is 5.55. The number of benzene rings is 1. The fraction of sp³-hybridized carbons (Fsp3) is 0.586. The van der Waals surface area contributed by atoms with Gasteiger partial charge in [0.2, 0.25) is 0 Å². The van der Waals surface area contributed by atoms with Crippen LogP contribution in [0.2, 0.25) is 0 Å². The molecule has 0 unspecified atom stereocenters. The third-order valence-electron chi connectivity index (χ3n) is 7.16. The Hall–Kier alpha value is -2.14. The van der Waals surface area contributed by atoms with Crippen LogP contribution in [0.5, 0.6) is 0 Å². The zero-order valence-electron chi connectivity index (χ0n) is 21.6. The quantitative estimate of drug-likeness (QED) is 0.430. The summed E-state index contributed by atoms with van der Waals surface area (Å²) in [6.07, 6.45) is 5.95. The van der Waals surface area contributed by atoms with E-state index >= 15 is 0 Å². The highest BCUT2D eigenvalue weighted by atomic mass is 32.1. The van der Waals surface area contributed by atoms with Gasteiger partial charge in [0, 0.05) is 28.4 Å². The average Bonchev–Trinajstić information content (AvgIpc) is 3.11. The molecule has 0 bridgehead atoms. The number of rotatable bonds is 4. The van der Waals surface area contributed by atoms with E-state index in [-0.39, 0.29) is 17.3 Å². The van der Waals surface area contributed by atoms with Gasteiger partial charge in [-0.1, -0.05) is 38.1 Å². The summed E-state index contributed by atoms with van der Waals surface area (Å²) in [5.74, 6) is 0.708. The van der Waals surface area contributed by atoms with E-state index in [1.165, 1.54) is 28.0 Å². The SMILES string of the molecule is CC(=O)c1c(-c2ccccc2CC2CCN(C(=O)OC(C)(C)C)CC2)sc2c1CC(C)(C)CC2. The van der Waals surface area contributed by atoms with Gasteiger partial charge >= 0.3 is 6.09 Å². The van der Waals surface area contributed by atoms with Crippen LogP contribution in [0.4, 0.5) is 4.79 Å². The van der Waals surface area contributed by atoms with Gasteiger partial charge in [0.1, 0.15) is 5.60 Å². The number of fused-ring (bicyclic) bond motifs is 1. The molecule has 1 saturated heterocycles. The first-order chi connectivity index (χ1) is 15.9. The predicted octanol–water partition coefficient (Wildman–Crippen LogP) is 7.32. The van der Waals surface area contributed by atoms with Crippen molar-refractivity contribution in [1.82, 2.24) is 4.90 Å². The number of amides is 1. The van der Waals surface area contributed by atoms with E-state index in [9.17, 15) is 9.59 Å². The Morgan fingerprint density at radius 1 is 1.15 bits per heavy atom. The van der Waals surface area contributed by atoms with E-state index in [0.717, 1.165) is 55.6 Å². The number of piperidine rings is 1. The van der Waals surface area contributed by atoms with E-state index in [0.29, 0.717) is 5.92 Å². The molecule has 1 fully saturated rings. The summed E-state index contributed by atoms with van der Waals surface area (Å²) in [6.45, 7) is 13.6. The molecule has 2 aromatic rings. The van der Waals surface area contributed by atoms with E-state index in [1.807, 2.05) is 37.0 Å². The minimum atomic E-state index is -0.462. The van der Waals surface area contributed by atoms with Gasteiger partial charge in [0.25, 0.3) is 0 Å². The molecule has 0 saturated carbocycles. The number of ketones is 1. The number of ether oxygens (including phenoxy) is 1. The van der Waals surface area contributed by atoms with Gasteiger partial charge in [-0.15, -0.1) is 11.3 Å². The standard InChI is InChI=1S/C29H39NO3S/c1-19(31)25-23-18-29(5,6)14-11-24(23)34-26(25)22-10-8-7-9-21(22)17-20-12-15-30(16-13-20)27(32)33-28(2,3)4/h7-10,20H,11-18H2,1-6H3. The highest BCUT2D eigenvalue weighted by molar-refractivity contribution is 7.16. The van der Waals surface area contributed by atoms with Crippen molar-refractivity contribution in [3.05, 3.63) is 45.8 Å². The van der Waals surface area contributed by atoms with Crippen LogP contribution in [0.3, 0.4) is 0 Å². The molecule has 1 aliphatic carbocycles. The number of nitrogens with zero attached hydrogens (tertiary/aromatic N) is 1. The van der Waals surface area contributed by atoms with Crippen LogP contribution in [0, 0.1) is 11.3 Å². The van der Waals surface area contributed by atoms with Gasteiger partial charge < -0.3 is 9.64 Å². The molecule has 1 aliphatic heterocycles. The topological polar surface area (TPSA) is 46.6 Å². The van der Waals surface area contributed by atoms with Crippen LogP contribution in [0.15, 0.2) is 24.3 Å². The lowest BCUT2D eigenvalue weighted by Crippen LogP contribution is -2.42. The summed E-state index contributed by atoms with van der Waals surface area (Å²) in [7, 11) is 0. The average molecular weight is 482 g/mol. The van der Waals surface area contributed by atoms with Crippen LogP contribution >= 0.6 is 11.3 Å². The highest BCUT2D eigenvalue weighted by Gasteiger charge is 2.33. The minimum absolute atomic E-state index is 0.186. The van der Waals surface area contributed by atoms with E-state index < -0.39 is 5.60 Å². The van der Waals surface area contributed by atoms with Crippen molar-refractivity contribution in [2.24, 2.45) is 11.3 Å². The third kappa shape index (κ3) is 5.56. The first kappa shape index (κ1) is 25.0. The maximum atomic E-state index is 12.8. The van der Waals surface area contributed by atoms with Crippen LogP contribution in [0.25, 0.3) is 10.4 Å². The van der Waals surface area contributed by atoms with Gasteiger partial charge in [-0.05, 0) is 94.2 Å². The number of likely N-dealkylation sites (tertiary alicyclic amines) is 1. The Morgan fingerprint density at radius 3 is 2.47 bits per heavy atom. The number of Topliss-reactive ketones (excluding diaryl/α,β-unsaturated/α-hetero) is 1. The maximum absolute atomic E-state index is 12.8. The van der Waals surface area contributed by atoms with Crippen molar-refractivity contribution >= 4 is 23.2 Å². The first-order valence-corrected chi connectivity index (χ1v) is 13.5. The fourth-order valence-corrected chi connectivity index (χ4v) is 6.79. The molecule has 0 spiro atoms. The smallest absolute Gasteiger partial charge is 0.410 e. The molecule has 184 valence electrons. The van der Waals surface area contributed by atoms with Crippen molar-refractivity contribution in [3.8, 4) is 10.4 Å². The van der Waals surface area contributed by atoms with Gasteiger partial charge in [-0.2, -0.15) is 0 Å². The van der Waals surface area contributed by atoms with Crippen LogP contribution in [-0.2, 0) is 24.0 Å². The molecule has 0 radical (unpaired) electrons. The van der Waals surface area contributed by atoms with Crippen molar-refractivity contribution in [1.29, 1.82) is 0 Å². The third-order valence-corrected chi connectivity index (χ3v) is 8.49. The second-order valence-electron chi connectivity index (χ2n) is 11.9. The summed E-state index contributed by atoms with van der Waals surface area (Å²) >= 11 is 1.84. The minimum Gasteiger partial charge on any atom is -0.444 e. The molecule has 1 amide bonds. The molecule has 4 rings (SSSR count). The molecule has 0 N–H and O–H groups in total. The van der Waals surface area contributed by atoms with Gasteiger partial charge in [0.05, 0.1) is 0 Å². The van der Waals surface area contributed by atoms with Crippen molar-refractivity contribution in [3.63, 3.8) is 0 Å². The number of carbonyl (C=O) groups is 2. The fourth-order valence-electron chi connectivity index (χ4n) is 5.36. The van der Waals surface area contributed by atoms with Crippen molar-refractivity contribution in [2.75, 3.05) is 13.1 Å². The van der Waals surface area contributed by atoms with E-state index in [4.69, 9.17) is 4.74 Å². The molecule has 0 atom stereocenters. The number of aryl methyl sites for hydroxylation is 1. The Balaban J connectivity index is 1.54. The van der Waals surface area contributed by atoms with Gasteiger partial charge in [0.15, 0.2) is 5.78 Å². The number of thiophene rings is 1. The van der Waals surface area contributed by atoms with Crippen LogP contribution < -0.4 is 0 Å². The normalized spacial score (nSPS) is 18.5. The van der Waals surface area contributed by atoms with Crippen LogP contribution in [0.1, 0.15) is 87.2 Å². The first-order valence-electron chi connectivity index (χ1n) is 12.7. The monoisotopic (exact) mass is 481 g/mol. The Morgan fingerprint density at radius 2 is 1.82 bits per heavy atom. The predicted molar refractivity (Wildman–Crippen MR) is 140 cm³/mol. The Bertz CT molecular complexity index is 1070. The molecule has 1 aromatic heterocycles. The second kappa shape index (κ2) is 9.49. The molecule has 1 aromatic carbocycles. The Labute approximate surface area is 208 Å². The van der Waals surface area contributed by atoms with Crippen LogP contribution in [-0.4, -0.2) is 35.5 Å². The van der Waals surface area contributed by atoms with Gasteiger partial charge in [-0.25, -0.2) is 4.79 Å². The lowest BCUT2D eigenvalue weighted by atomic mass is 9.75. The molecule has 2 heterocycles. The van der Waals surface area contributed by atoms with E-state index in [1.54, 1.807) is 6.92 Å². The summed E-state index contributed by atoms with van der Waals surface area (Å²) in [5.41, 5.74) is 4.58. The molecular weight excluding hydrogens is 442 g/mol. The molecule has 4 nitrogen and oxygen atoms in total. The summed E-state index contributed by atoms with van der Waals surface area (Å²) in [4.78, 5) is 29.7. The van der Waals surface area contributed by atoms with Crippen molar-refractivity contribution in [2.45, 2.75) is 85.7 Å². The number of hydrogen-bond donors (Lipinski definition) is 0. The summed E-state index contributed by atoms with van der Waals surface area (Å²) in [5, 5.41) is 0. The van der Waals surface area contributed by atoms with Crippen molar-refractivity contribution < 1.29 is 14.3 Å². The number of carbonyl (C=O) groups excluding carboxylic acids is 2. The lowest BCUT2D eigenvalue weighted by Gasteiger charge is -2.33. The Kier molecular flexibility index (Phi) is 6.97. The second-order valence-corrected chi connectivity index (χ2v) is 13.0. The lowest BCUT2D eigenvalue weighted by molar-refractivity contribution is 0.0184. The molecule has 2 aliphatic rings. The molecular formula is C29H39NO3S. The van der Waals surface area contributed by atoms with E-state index in [2.05, 4.69) is 38.1 Å². The zero-order valence-corrected chi connectivity index (χ0v) is 22.4. The highest BCUT2D eigenvalue weighted by Crippen LogP contribution is 2.46. The molecule has 34 heavy (non-hydrogen) atoms. The zero-order chi connectivity index (χ0) is 24.7. The van der Waals surface area contributed by atoms with Gasteiger partial charge in [-0.3, -0.25) is 4.79 Å².